The van der Waals surface area contributed by atoms with E-state index >= 15 is 0 Å². The maximum Gasteiger partial charge on any atom is 0.157 e. The zero-order valence-corrected chi connectivity index (χ0v) is 17.2. The van der Waals surface area contributed by atoms with Crippen molar-refractivity contribution in [2.45, 2.75) is 20.5 Å². The molecule has 0 aliphatic heterocycles. The van der Waals surface area contributed by atoms with Crippen LogP contribution in [0, 0.1) is 13.8 Å². The third-order valence-corrected chi connectivity index (χ3v) is 4.94. The first-order valence-electron chi connectivity index (χ1n) is 8.40. The van der Waals surface area contributed by atoms with Crippen molar-refractivity contribution < 1.29 is 4.74 Å². The van der Waals surface area contributed by atoms with Gasteiger partial charge in [0.1, 0.15) is 6.61 Å². The number of halogens is 3. The topological polar surface area (TPSA) is 21.6 Å². The van der Waals surface area contributed by atoms with Crippen molar-refractivity contribution in [3.63, 3.8) is 0 Å². The van der Waals surface area contributed by atoms with Crippen LogP contribution in [0.2, 0.25) is 15.1 Å². The number of ether oxygens (including phenoxy) is 1. The Kier molecular flexibility index (Phi) is 6.43. The molecule has 0 atom stereocenters. The van der Waals surface area contributed by atoms with Crippen molar-refractivity contribution in [2.24, 2.45) is 4.99 Å². The molecule has 27 heavy (non-hydrogen) atoms. The Balaban J connectivity index is 1.75. The lowest BCUT2D eigenvalue weighted by atomic mass is 10.1. The number of aryl methyl sites for hydroxylation is 2. The van der Waals surface area contributed by atoms with E-state index in [9.17, 15) is 0 Å². The third kappa shape index (κ3) is 5.26. The monoisotopic (exact) mass is 417 g/mol. The van der Waals surface area contributed by atoms with Gasteiger partial charge in [0, 0.05) is 11.2 Å². The smallest absolute Gasteiger partial charge is 0.157 e. The van der Waals surface area contributed by atoms with Crippen molar-refractivity contribution in [1.29, 1.82) is 0 Å². The van der Waals surface area contributed by atoms with Gasteiger partial charge in [0.05, 0.1) is 15.7 Å². The van der Waals surface area contributed by atoms with Crippen molar-refractivity contribution in [3.8, 4) is 5.75 Å². The zero-order valence-electron chi connectivity index (χ0n) is 15.0. The highest BCUT2D eigenvalue weighted by molar-refractivity contribution is 6.37. The first-order chi connectivity index (χ1) is 12.9. The maximum atomic E-state index is 6.36. The molecule has 0 aromatic heterocycles. The van der Waals surface area contributed by atoms with Crippen LogP contribution in [0.4, 0.5) is 5.69 Å². The SMILES string of the molecule is Cc1ccc(N=Cc2cc(Cl)c(OCc3cccc(Cl)c3)c(Cl)c2)cc1C. The lowest BCUT2D eigenvalue weighted by molar-refractivity contribution is 0.306. The Morgan fingerprint density at radius 2 is 1.63 bits per heavy atom. The lowest BCUT2D eigenvalue weighted by Gasteiger charge is -2.11. The molecule has 0 saturated heterocycles. The van der Waals surface area contributed by atoms with Crippen LogP contribution in [0.25, 0.3) is 0 Å². The molecule has 0 amide bonds. The van der Waals surface area contributed by atoms with Gasteiger partial charge in [0.25, 0.3) is 0 Å². The van der Waals surface area contributed by atoms with E-state index in [4.69, 9.17) is 39.5 Å². The largest absolute Gasteiger partial charge is 0.486 e. The first-order valence-corrected chi connectivity index (χ1v) is 9.53. The molecule has 0 radical (unpaired) electrons. The fourth-order valence-corrected chi connectivity index (χ4v) is 3.36. The minimum atomic E-state index is 0.329. The van der Waals surface area contributed by atoms with Crippen LogP contribution >= 0.6 is 34.8 Å². The van der Waals surface area contributed by atoms with E-state index < -0.39 is 0 Å². The molecule has 3 rings (SSSR count). The predicted octanol–water partition coefficient (Wildman–Crippen LogP) is 7.59. The van der Waals surface area contributed by atoms with Gasteiger partial charge in [-0.2, -0.15) is 0 Å². The number of hydrogen-bond acceptors (Lipinski definition) is 2. The van der Waals surface area contributed by atoms with Crippen LogP contribution < -0.4 is 4.74 Å². The summed E-state index contributed by atoms with van der Waals surface area (Å²) in [6, 6.07) is 17.1. The predicted molar refractivity (Wildman–Crippen MR) is 115 cm³/mol. The van der Waals surface area contributed by atoms with Crippen LogP contribution in [0.5, 0.6) is 5.75 Å². The highest BCUT2D eigenvalue weighted by atomic mass is 35.5. The summed E-state index contributed by atoms with van der Waals surface area (Å²) in [7, 11) is 0. The standard InChI is InChI=1S/C22H18Cl3NO/c1-14-6-7-19(8-15(14)2)26-12-17-10-20(24)22(21(25)11-17)27-13-16-4-3-5-18(23)9-16/h3-12H,13H2,1-2H3. The van der Waals surface area contributed by atoms with Gasteiger partial charge in [-0.15, -0.1) is 0 Å². The molecule has 138 valence electrons. The summed E-state index contributed by atoms with van der Waals surface area (Å²) in [5.41, 5.74) is 5.06. The Bertz CT molecular complexity index is 976. The molecule has 0 fully saturated rings. The second-order valence-corrected chi connectivity index (χ2v) is 7.51. The first kappa shape index (κ1) is 19.8. The molecular formula is C22H18Cl3NO. The Morgan fingerprint density at radius 1 is 0.889 bits per heavy atom. The minimum absolute atomic E-state index is 0.329. The van der Waals surface area contributed by atoms with Crippen molar-refractivity contribution in [1.82, 2.24) is 0 Å². The van der Waals surface area contributed by atoms with Crippen molar-refractivity contribution in [2.75, 3.05) is 0 Å². The minimum Gasteiger partial charge on any atom is -0.486 e. The summed E-state index contributed by atoms with van der Waals surface area (Å²) < 4.78 is 5.79. The van der Waals surface area contributed by atoms with E-state index in [0.29, 0.717) is 27.4 Å². The summed E-state index contributed by atoms with van der Waals surface area (Å²) in [5, 5.41) is 1.53. The highest BCUT2D eigenvalue weighted by Crippen LogP contribution is 2.34. The van der Waals surface area contributed by atoms with Gasteiger partial charge in [-0.3, -0.25) is 4.99 Å². The summed E-state index contributed by atoms with van der Waals surface area (Å²) in [6.07, 6.45) is 1.74. The summed E-state index contributed by atoms with van der Waals surface area (Å²) >= 11 is 18.7. The third-order valence-electron chi connectivity index (χ3n) is 4.15. The van der Waals surface area contributed by atoms with E-state index in [1.165, 1.54) is 11.1 Å². The quantitative estimate of drug-likeness (QED) is 0.391. The Hall–Kier alpha value is -2.00. The average molecular weight is 419 g/mol. The highest BCUT2D eigenvalue weighted by Gasteiger charge is 2.10. The number of benzene rings is 3. The molecule has 5 heteroatoms. The van der Waals surface area contributed by atoms with Crippen LogP contribution in [-0.4, -0.2) is 6.21 Å². The maximum absolute atomic E-state index is 6.36. The molecule has 0 bridgehead atoms. The number of aliphatic imine (C=N–C) groups is 1. The molecule has 3 aromatic rings. The fourth-order valence-electron chi connectivity index (χ4n) is 2.53. The molecule has 0 heterocycles. The van der Waals surface area contributed by atoms with Gasteiger partial charge in [0.15, 0.2) is 5.75 Å². The summed E-state index contributed by atoms with van der Waals surface area (Å²) in [5.74, 6) is 0.446. The van der Waals surface area contributed by atoms with Crippen molar-refractivity contribution in [3.05, 3.63) is 91.9 Å². The number of rotatable bonds is 5. The van der Waals surface area contributed by atoms with Gasteiger partial charge in [0.2, 0.25) is 0 Å². The van der Waals surface area contributed by atoms with Crippen LogP contribution in [0.1, 0.15) is 22.3 Å². The fraction of sp³-hybridized carbons (Fsp3) is 0.136. The zero-order chi connectivity index (χ0) is 19.4. The molecule has 0 N–H and O–H groups in total. The molecule has 3 aromatic carbocycles. The molecule has 0 aliphatic rings. The molecule has 0 saturated carbocycles. The number of hydrogen-bond donors (Lipinski definition) is 0. The number of nitrogens with zero attached hydrogens (tertiary/aromatic N) is 1. The molecule has 2 nitrogen and oxygen atoms in total. The second kappa shape index (κ2) is 8.79. The van der Waals surface area contributed by atoms with Gasteiger partial charge in [-0.25, -0.2) is 0 Å². The van der Waals surface area contributed by atoms with Crippen molar-refractivity contribution >= 4 is 46.7 Å². The van der Waals surface area contributed by atoms with Gasteiger partial charge in [-0.05, 0) is 72.5 Å². The normalized spacial score (nSPS) is 11.1. The average Bonchev–Trinajstić information content (AvgIpc) is 2.62. The Morgan fingerprint density at radius 3 is 2.30 bits per heavy atom. The van der Waals surface area contributed by atoms with Gasteiger partial charge >= 0.3 is 0 Å². The van der Waals surface area contributed by atoms with Crippen LogP contribution in [-0.2, 0) is 6.61 Å². The summed E-state index contributed by atoms with van der Waals surface area (Å²) in [4.78, 5) is 4.50. The molecular weight excluding hydrogens is 401 g/mol. The molecule has 0 unspecified atom stereocenters. The van der Waals surface area contributed by atoms with E-state index in [-0.39, 0.29) is 0 Å². The van der Waals surface area contributed by atoms with Crippen LogP contribution in [0.15, 0.2) is 59.6 Å². The van der Waals surface area contributed by atoms with E-state index in [1.807, 2.05) is 36.4 Å². The van der Waals surface area contributed by atoms with Crippen LogP contribution in [0.3, 0.4) is 0 Å². The Labute approximate surface area is 174 Å². The van der Waals surface area contributed by atoms with E-state index in [0.717, 1.165) is 16.8 Å². The van der Waals surface area contributed by atoms with E-state index in [2.05, 4.69) is 24.9 Å². The molecule has 0 aliphatic carbocycles. The lowest BCUT2D eigenvalue weighted by Crippen LogP contribution is -1.97. The second-order valence-electron chi connectivity index (χ2n) is 6.26. The van der Waals surface area contributed by atoms with Gasteiger partial charge < -0.3 is 4.74 Å². The van der Waals surface area contributed by atoms with Gasteiger partial charge in [-0.1, -0.05) is 53.0 Å². The van der Waals surface area contributed by atoms with E-state index in [1.54, 1.807) is 18.3 Å². The molecule has 0 spiro atoms. The summed E-state index contributed by atoms with van der Waals surface area (Å²) in [6.45, 7) is 4.47.